The zero-order chi connectivity index (χ0) is 14.0. The van der Waals surface area contributed by atoms with E-state index in [2.05, 4.69) is 0 Å². The maximum atomic E-state index is 12.6. The van der Waals surface area contributed by atoms with Gasteiger partial charge in [0.1, 0.15) is 0 Å². The van der Waals surface area contributed by atoms with Gasteiger partial charge in [0.2, 0.25) is 0 Å². The number of carbonyl (C=O) groups excluding carboxylic acids is 1. The Bertz CT molecular complexity index is 472. The highest BCUT2D eigenvalue weighted by atomic mass is 16.5. The molecule has 1 aliphatic rings. The molecule has 4 heteroatoms. The zero-order valence-corrected chi connectivity index (χ0v) is 11.7. The second-order valence-corrected chi connectivity index (χ2v) is 5.26. The van der Waals surface area contributed by atoms with Gasteiger partial charge in [-0.3, -0.25) is 4.79 Å². The van der Waals surface area contributed by atoms with Crippen LogP contribution >= 0.6 is 0 Å². The molecule has 2 atom stereocenters. The third-order valence-electron chi connectivity index (χ3n) is 3.59. The summed E-state index contributed by atoms with van der Waals surface area (Å²) >= 11 is 0. The minimum Gasteiger partial charge on any atom is -0.394 e. The standard InChI is InChI=1S/C15H21NO3/c1-10-4-5-11(2)14(6-10)15(18)16-7-13(8-17)19-9-12(16)3/h4-6,12-13,17H,7-9H2,1-3H3. The average Bonchev–Trinajstić information content (AvgIpc) is 2.41. The summed E-state index contributed by atoms with van der Waals surface area (Å²) in [5.41, 5.74) is 2.80. The van der Waals surface area contributed by atoms with Crippen molar-refractivity contribution in [1.82, 2.24) is 4.90 Å². The summed E-state index contributed by atoms with van der Waals surface area (Å²) in [6.07, 6.45) is -0.273. The molecule has 0 bridgehead atoms. The van der Waals surface area contributed by atoms with E-state index in [1.807, 2.05) is 39.0 Å². The van der Waals surface area contributed by atoms with Crippen LogP contribution in [0.1, 0.15) is 28.4 Å². The number of aliphatic hydroxyl groups excluding tert-OH is 1. The molecule has 0 aromatic heterocycles. The Labute approximate surface area is 114 Å². The van der Waals surface area contributed by atoms with Crippen LogP contribution in [0.4, 0.5) is 0 Å². The summed E-state index contributed by atoms with van der Waals surface area (Å²) in [4.78, 5) is 14.4. The van der Waals surface area contributed by atoms with Gasteiger partial charge in [0.15, 0.2) is 0 Å². The molecule has 1 fully saturated rings. The van der Waals surface area contributed by atoms with Crippen molar-refractivity contribution in [2.75, 3.05) is 19.8 Å². The van der Waals surface area contributed by atoms with Crippen LogP contribution in [-0.4, -0.2) is 47.8 Å². The molecule has 0 spiro atoms. The summed E-state index contributed by atoms with van der Waals surface area (Å²) in [6.45, 7) is 6.77. The molecule has 0 saturated carbocycles. The average molecular weight is 263 g/mol. The number of aryl methyl sites for hydroxylation is 2. The predicted molar refractivity (Wildman–Crippen MR) is 73.2 cm³/mol. The number of ether oxygens (including phenoxy) is 1. The Balaban J connectivity index is 2.24. The van der Waals surface area contributed by atoms with E-state index in [-0.39, 0.29) is 24.7 Å². The van der Waals surface area contributed by atoms with E-state index in [0.717, 1.165) is 16.7 Å². The lowest BCUT2D eigenvalue weighted by Crippen LogP contribution is -2.52. The van der Waals surface area contributed by atoms with E-state index in [1.165, 1.54) is 0 Å². The molecule has 2 rings (SSSR count). The highest BCUT2D eigenvalue weighted by molar-refractivity contribution is 5.96. The van der Waals surface area contributed by atoms with Crippen molar-refractivity contribution in [3.8, 4) is 0 Å². The fourth-order valence-corrected chi connectivity index (χ4v) is 2.33. The fraction of sp³-hybridized carbons (Fsp3) is 0.533. The summed E-state index contributed by atoms with van der Waals surface area (Å²) in [5, 5.41) is 9.18. The van der Waals surface area contributed by atoms with Crippen LogP contribution in [0.5, 0.6) is 0 Å². The van der Waals surface area contributed by atoms with E-state index in [9.17, 15) is 9.90 Å². The third-order valence-corrected chi connectivity index (χ3v) is 3.59. The Kier molecular flexibility index (Phi) is 4.22. The molecule has 1 aliphatic heterocycles. The minimum atomic E-state index is -0.273. The third kappa shape index (κ3) is 2.96. The van der Waals surface area contributed by atoms with Crippen LogP contribution in [0.25, 0.3) is 0 Å². The number of amides is 1. The zero-order valence-electron chi connectivity index (χ0n) is 11.7. The number of aliphatic hydroxyl groups is 1. The number of carbonyl (C=O) groups is 1. The van der Waals surface area contributed by atoms with Crippen molar-refractivity contribution in [2.24, 2.45) is 0 Å². The first kappa shape index (κ1) is 14.0. The molecule has 104 valence electrons. The van der Waals surface area contributed by atoms with Crippen molar-refractivity contribution in [3.05, 3.63) is 34.9 Å². The first-order chi connectivity index (χ1) is 9.02. The van der Waals surface area contributed by atoms with Crippen LogP contribution in [-0.2, 0) is 4.74 Å². The summed E-state index contributed by atoms with van der Waals surface area (Å²) in [7, 11) is 0. The first-order valence-electron chi connectivity index (χ1n) is 6.63. The summed E-state index contributed by atoms with van der Waals surface area (Å²) < 4.78 is 5.47. The SMILES string of the molecule is Cc1ccc(C)c(C(=O)N2CC(CO)OCC2C)c1. The first-order valence-corrected chi connectivity index (χ1v) is 6.63. The molecule has 1 N–H and O–H groups in total. The van der Waals surface area contributed by atoms with E-state index >= 15 is 0 Å². The van der Waals surface area contributed by atoms with Crippen molar-refractivity contribution in [1.29, 1.82) is 0 Å². The van der Waals surface area contributed by atoms with E-state index in [1.54, 1.807) is 4.90 Å². The van der Waals surface area contributed by atoms with Gasteiger partial charge in [0.25, 0.3) is 5.91 Å². The topological polar surface area (TPSA) is 49.8 Å². The van der Waals surface area contributed by atoms with E-state index < -0.39 is 0 Å². The van der Waals surface area contributed by atoms with Crippen LogP contribution in [0.3, 0.4) is 0 Å². The number of hydrogen-bond acceptors (Lipinski definition) is 3. The Hall–Kier alpha value is -1.39. The van der Waals surface area contributed by atoms with Crippen LogP contribution < -0.4 is 0 Å². The van der Waals surface area contributed by atoms with E-state index in [4.69, 9.17) is 4.74 Å². The molecular formula is C15H21NO3. The van der Waals surface area contributed by atoms with Gasteiger partial charge in [-0.1, -0.05) is 17.7 Å². The predicted octanol–water partition coefficient (Wildman–Crippen LogP) is 1.53. The summed E-state index contributed by atoms with van der Waals surface area (Å²) in [6, 6.07) is 5.94. The second kappa shape index (κ2) is 5.72. The van der Waals surface area contributed by atoms with Gasteiger partial charge in [0, 0.05) is 12.1 Å². The molecule has 2 unspecified atom stereocenters. The lowest BCUT2D eigenvalue weighted by molar-refractivity contribution is -0.0667. The molecule has 1 heterocycles. The summed E-state index contributed by atoms with van der Waals surface area (Å²) in [5.74, 6) is 0.0236. The molecule has 19 heavy (non-hydrogen) atoms. The maximum absolute atomic E-state index is 12.6. The normalized spacial score (nSPS) is 23.5. The number of benzene rings is 1. The molecule has 1 saturated heterocycles. The van der Waals surface area contributed by atoms with Gasteiger partial charge in [-0.25, -0.2) is 0 Å². The van der Waals surface area contributed by atoms with E-state index in [0.29, 0.717) is 13.2 Å². The largest absolute Gasteiger partial charge is 0.394 e. The molecule has 1 aromatic carbocycles. The Morgan fingerprint density at radius 3 is 2.89 bits per heavy atom. The molecule has 4 nitrogen and oxygen atoms in total. The highest BCUT2D eigenvalue weighted by Crippen LogP contribution is 2.18. The number of hydrogen-bond donors (Lipinski definition) is 1. The van der Waals surface area contributed by atoms with Gasteiger partial charge in [0.05, 0.1) is 25.4 Å². The van der Waals surface area contributed by atoms with Crippen LogP contribution in [0.15, 0.2) is 18.2 Å². The Morgan fingerprint density at radius 2 is 2.21 bits per heavy atom. The van der Waals surface area contributed by atoms with Gasteiger partial charge in [-0.05, 0) is 32.4 Å². The monoisotopic (exact) mass is 263 g/mol. The van der Waals surface area contributed by atoms with Gasteiger partial charge >= 0.3 is 0 Å². The molecule has 0 aliphatic carbocycles. The number of morpholine rings is 1. The quantitative estimate of drug-likeness (QED) is 0.880. The molecule has 0 radical (unpaired) electrons. The number of nitrogens with zero attached hydrogens (tertiary/aromatic N) is 1. The van der Waals surface area contributed by atoms with Crippen molar-refractivity contribution >= 4 is 5.91 Å². The van der Waals surface area contributed by atoms with Crippen molar-refractivity contribution < 1.29 is 14.6 Å². The Morgan fingerprint density at radius 1 is 1.47 bits per heavy atom. The van der Waals surface area contributed by atoms with Crippen LogP contribution in [0.2, 0.25) is 0 Å². The molecular weight excluding hydrogens is 242 g/mol. The van der Waals surface area contributed by atoms with Crippen LogP contribution in [0, 0.1) is 13.8 Å². The van der Waals surface area contributed by atoms with Gasteiger partial charge in [-0.15, -0.1) is 0 Å². The molecule has 1 aromatic rings. The van der Waals surface area contributed by atoms with Gasteiger partial charge in [-0.2, -0.15) is 0 Å². The maximum Gasteiger partial charge on any atom is 0.254 e. The molecule has 1 amide bonds. The van der Waals surface area contributed by atoms with Crippen molar-refractivity contribution in [2.45, 2.75) is 32.9 Å². The number of rotatable bonds is 2. The highest BCUT2D eigenvalue weighted by Gasteiger charge is 2.30. The lowest BCUT2D eigenvalue weighted by Gasteiger charge is -2.37. The van der Waals surface area contributed by atoms with Gasteiger partial charge < -0.3 is 14.7 Å². The fourth-order valence-electron chi connectivity index (χ4n) is 2.33. The van der Waals surface area contributed by atoms with Crippen molar-refractivity contribution in [3.63, 3.8) is 0 Å². The lowest BCUT2D eigenvalue weighted by atomic mass is 10.0. The minimum absolute atomic E-state index is 0.0236. The second-order valence-electron chi connectivity index (χ2n) is 5.26. The smallest absolute Gasteiger partial charge is 0.254 e.